The lowest BCUT2D eigenvalue weighted by atomic mass is 10.2. The fourth-order valence-electron chi connectivity index (χ4n) is 1.13. The smallest absolute Gasteiger partial charge is 0.292 e. The van der Waals surface area contributed by atoms with E-state index in [1.54, 1.807) is 0 Å². The molecule has 0 spiro atoms. The highest BCUT2D eigenvalue weighted by Crippen LogP contribution is 2.30. The lowest BCUT2D eigenvalue weighted by Gasteiger charge is -1.92. The average molecular weight is 164 g/mol. The van der Waals surface area contributed by atoms with E-state index in [2.05, 4.69) is 5.32 Å². The lowest BCUT2D eigenvalue weighted by Crippen LogP contribution is -2.03. The minimum atomic E-state index is -0.523. The first-order valence-electron chi connectivity index (χ1n) is 3.28. The van der Waals surface area contributed by atoms with Gasteiger partial charge in [-0.3, -0.25) is 14.9 Å². The summed E-state index contributed by atoms with van der Waals surface area (Å²) in [6, 6.07) is 4.23. The zero-order chi connectivity index (χ0) is 8.72. The first-order valence-corrected chi connectivity index (χ1v) is 3.28. The number of amides is 1. The summed E-state index contributed by atoms with van der Waals surface area (Å²) in [6.07, 6.45) is 0. The summed E-state index contributed by atoms with van der Waals surface area (Å²) in [7, 11) is 0. The summed E-state index contributed by atoms with van der Waals surface area (Å²) in [4.78, 5) is 20.8. The van der Waals surface area contributed by atoms with E-state index >= 15 is 0 Å². The Labute approximate surface area is 67.2 Å². The average Bonchev–Trinajstić information content (AvgIpc) is 2.28. The Hall–Kier alpha value is -1.91. The summed E-state index contributed by atoms with van der Waals surface area (Å²) in [6.45, 7) is 0. The van der Waals surface area contributed by atoms with E-state index in [1.165, 1.54) is 18.2 Å². The predicted molar refractivity (Wildman–Crippen MR) is 41.0 cm³/mol. The van der Waals surface area contributed by atoms with Crippen molar-refractivity contribution in [2.24, 2.45) is 0 Å². The van der Waals surface area contributed by atoms with Gasteiger partial charge in [0.25, 0.3) is 11.6 Å². The Kier molecular flexibility index (Phi) is 1.15. The number of rotatable bonds is 1. The molecule has 0 aliphatic carbocycles. The van der Waals surface area contributed by atoms with Crippen molar-refractivity contribution in [1.82, 2.24) is 0 Å². The van der Waals surface area contributed by atoms with E-state index in [1.807, 2.05) is 0 Å². The van der Waals surface area contributed by atoms with Crippen LogP contribution in [-0.2, 0) is 0 Å². The van der Waals surface area contributed by atoms with E-state index < -0.39 is 4.92 Å². The maximum Gasteiger partial charge on any atom is 0.292 e. The van der Waals surface area contributed by atoms with Crippen LogP contribution in [0.3, 0.4) is 0 Å². The fourth-order valence-corrected chi connectivity index (χ4v) is 1.13. The molecule has 5 heteroatoms. The number of nitrogens with one attached hydrogen (secondary N) is 1. The summed E-state index contributed by atoms with van der Waals surface area (Å²) in [5, 5.41) is 12.8. The van der Waals surface area contributed by atoms with Gasteiger partial charge in [-0.1, -0.05) is 0 Å². The van der Waals surface area contributed by atoms with Crippen molar-refractivity contribution < 1.29 is 9.72 Å². The fraction of sp³-hybridized carbons (Fsp3) is 0. The first kappa shape index (κ1) is 6.78. The highest BCUT2D eigenvalue weighted by atomic mass is 16.6. The quantitative estimate of drug-likeness (QED) is 0.500. The van der Waals surface area contributed by atoms with E-state index in [-0.39, 0.29) is 17.3 Å². The number of hydrogen-bond acceptors (Lipinski definition) is 3. The molecule has 1 aromatic carbocycles. The summed E-state index contributed by atoms with van der Waals surface area (Å²) < 4.78 is 0. The Morgan fingerprint density at radius 3 is 2.83 bits per heavy atom. The van der Waals surface area contributed by atoms with E-state index in [4.69, 9.17) is 0 Å². The molecule has 60 valence electrons. The number of carbonyl (C=O) groups is 1. The van der Waals surface area contributed by atoms with Gasteiger partial charge in [-0.2, -0.15) is 0 Å². The normalized spacial score (nSPS) is 12.8. The monoisotopic (exact) mass is 164 g/mol. The molecule has 1 amide bonds. The van der Waals surface area contributed by atoms with Gasteiger partial charge >= 0.3 is 0 Å². The third kappa shape index (κ3) is 0.763. The molecule has 12 heavy (non-hydrogen) atoms. The Balaban J connectivity index is 2.59. The van der Waals surface area contributed by atoms with Gasteiger partial charge in [-0.15, -0.1) is 0 Å². The molecule has 0 atom stereocenters. The molecular weight excluding hydrogens is 160 g/mol. The number of benzene rings is 1. The van der Waals surface area contributed by atoms with Gasteiger partial charge in [0.15, 0.2) is 0 Å². The van der Waals surface area contributed by atoms with Crippen molar-refractivity contribution in [2.45, 2.75) is 0 Å². The Morgan fingerprint density at radius 2 is 2.17 bits per heavy atom. The molecular formula is C7H4N2O3. The number of hydrogen-bond donors (Lipinski definition) is 1. The summed E-state index contributed by atoms with van der Waals surface area (Å²) >= 11 is 0. The van der Waals surface area contributed by atoms with E-state index in [0.717, 1.165) is 0 Å². The minimum absolute atomic E-state index is 0.0652. The van der Waals surface area contributed by atoms with Crippen LogP contribution in [0.1, 0.15) is 10.4 Å². The third-order valence-electron chi connectivity index (χ3n) is 1.70. The third-order valence-corrected chi connectivity index (χ3v) is 1.70. The topological polar surface area (TPSA) is 72.2 Å². The maximum absolute atomic E-state index is 10.9. The van der Waals surface area contributed by atoms with Gasteiger partial charge in [-0.05, 0) is 12.1 Å². The summed E-state index contributed by atoms with van der Waals surface area (Å²) in [5.74, 6) is -0.280. The molecule has 1 heterocycles. The molecule has 0 radical (unpaired) electrons. The Morgan fingerprint density at radius 1 is 1.42 bits per heavy atom. The number of carbonyl (C=O) groups excluding carboxylic acids is 1. The number of fused-ring (bicyclic) bond motifs is 2. The second-order valence-corrected chi connectivity index (χ2v) is 2.44. The van der Waals surface area contributed by atoms with Gasteiger partial charge in [0.2, 0.25) is 0 Å². The van der Waals surface area contributed by atoms with Crippen LogP contribution < -0.4 is 5.32 Å². The maximum atomic E-state index is 10.9. The van der Waals surface area contributed by atoms with Crippen molar-refractivity contribution in [2.75, 3.05) is 5.32 Å². The van der Waals surface area contributed by atoms with Crippen LogP contribution in [-0.4, -0.2) is 10.8 Å². The van der Waals surface area contributed by atoms with Crippen LogP contribution in [0.4, 0.5) is 11.4 Å². The van der Waals surface area contributed by atoms with Crippen LogP contribution in [0.2, 0.25) is 0 Å². The number of nitrogens with zero attached hydrogens (tertiary/aromatic N) is 1. The Bertz CT molecular complexity index is 386. The van der Waals surface area contributed by atoms with Crippen molar-refractivity contribution in [3.05, 3.63) is 33.9 Å². The minimum Gasteiger partial charge on any atom is -0.316 e. The molecule has 0 aromatic heterocycles. The van der Waals surface area contributed by atoms with E-state index in [9.17, 15) is 14.9 Å². The molecule has 1 aromatic rings. The zero-order valence-corrected chi connectivity index (χ0v) is 5.90. The van der Waals surface area contributed by atoms with Gasteiger partial charge < -0.3 is 5.32 Å². The number of nitro groups is 1. The molecule has 1 aliphatic rings. The standard InChI is InChI=1S/C7H4N2O3/c10-7-4-1-2-6(9(11)12)5(3-4)8-7/h1-3H,(H,8,10). The van der Waals surface area contributed by atoms with Crippen LogP contribution in [0.25, 0.3) is 0 Å². The van der Waals surface area contributed by atoms with Gasteiger partial charge in [0, 0.05) is 11.6 Å². The van der Waals surface area contributed by atoms with Crippen molar-refractivity contribution >= 4 is 17.3 Å². The molecule has 2 bridgehead atoms. The largest absolute Gasteiger partial charge is 0.316 e. The zero-order valence-electron chi connectivity index (χ0n) is 5.90. The number of anilines is 1. The molecule has 0 unspecified atom stereocenters. The molecule has 5 nitrogen and oxygen atoms in total. The molecule has 1 N–H and O–H groups in total. The number of nitro benzene ring substituents is 1. The van der Waals surface area contributed by atoms with Crippen molar-refractivity contribution in [3.8, 4) is 0 Å². The molecule has 0 fully saturated rings. The van der Waals surface area contributed by atoms with Gasteiger partial charge in [-0.25, -0.2) is 0 Å². The SMILES string of the molecule is O=C1Nc2cc1ccc2[N+](=O)[O-]. The van der Waals surface area contributed by atoms with Crippen LogP contribution in [0.5, 0.6) is 0 Å². The lowest BCUT2D eigenvalue weighted by molar-refractivity contribution is -0.383. The van der Waals surface area contributed by atoms with Crippen molar-refractivity contribution in [1.29, 1.82) is 0 Å². The second kappa shape index (κ2) is 2.04. The van der Waals surface area contributed by atoms with Crippen LogP contribution in [0.15, 0.2) is 18.2 Å². The van der Waals surface area contributed by atoms with Crippen molar-refractivity contribution in [3.63, 3.8) is 0 Å². The molecule has 2 rings (SSSR count). The molecule has 0 saturated heterocycles. The molecule has 0 saturated carbocycles. The van der Waals surface area contributed by atoms with Gasteiger partial charge in [0.05, 0.1) is 4.92 Å². The highest BCUT2D eigenvalue weighted by molar-refractivity contribution is 6.11. The molecule has 1 aliphatic heterocycles. The van der Waals surface area contributed by atoms with E-state index in [0.29, 0.717) is 5.56 Å². The van der Waals surface area contributed by atoms with Crippen LogP contribution >= 0.6 is 0 Å². The summed E-state index contributed by atoms with van der Waals surface area (Å²) in [5.41, 5.74) is 0.683. The highest BCUT2D eigenvalue weighted by Gasteiger charge is 2.23. The van der Waals surface area contributed by atoms with Crippen LogP contribution in [0, 0.1) is 10.1 Å². The second-order valence-electron chi connectivity index (χ2n) is 2.44. The first-order chi connectivity index (χ1) is 5.68. The predicted octanol–water partition coefficient (Wildman–Crippen LogP) is 1.16. The van der Waals surface area contributed by atoms with Gasteiger partial charge in [0.1, 0.15) is 5.69 Å².